The number of anilines is 2. The number of rotatable bonds is 9. The summed E-state index contributed by atoms with van der Waals surface area (Å²) in [5.74, 6) is 1.47. The summed E-state index contributed by atoms with van der Waals surface area (Å²) in [7, 11) is 5.49. The topological polar surface area (TPSA) is 80.3 Å². The molecule has 1 aliphatic rings. The van der Waals surface area contributed by atoms with Crippen LogP contribution in [0.4, 0.5) is 11.4 Å². The van der Waals surface area contributed by atoms with Crippen LogP contribution in [0.5, 0.6) is 17.2 Å². The maximum Gasteiger partial charge on any atom is 0.265 e. The number of carbonyl (C=O) groups excluding carboxylic acids is 2. The van der Waals surface area contributed by atoms with Crippen LogP contribution in [0.3, 0.4) is 0 Å². The molecule has 0 radical (unpaired) electrons. The van der Waals surface area contributed by atoms with Gasteiger partial charge in [0.1, 0.15) is 5.75 Å². The van der Waals surface area contributed by atoms with E-state index in [2.05, 4.69) is 5.32 Å². The van der Waals surface area contributed by atoms with E-state index < -0.39 is 0 Å². The molecule has 0 bridgehead atoms. The molecule has 0 atom stereocenters. The van der Waals surface area contributed by atoms with Crippen LogP contribution in [-0.4, -0.2) is 64.2 Å². The first kappa shape index (κ1) is 23.1. The molecule has 2 aromatic carbocycles. The molecule has 0 spiro atoms. The number of methoxy groups -OCH3 is 1. The Bertz CT molecular complexity index is 1000. The minimum absolute atomic E-state index is 0.0166. The van der Waals surface area contributed by atoms with Gasteiger partial charge in [-0.25, -0.2) is 0 Å². The first-order valence-electron chi connectivity index (χ1n) is 10.4. The molecule has 1 aliphatic heterocycles. The van der Waals surface area contributed by atoms with E-state index in [4.69, 9.17) is 14.2 Å². The van der Waals surface area contributed by atoms with Crippen LogP contribution >= 0.6 is 0 Å². The summed E-state index contributed by atoms with van der Waals surface area (Å²) in [5.41, 5.74) is 2.10. The Hall–Kier alpha value is -3.52. The van der Waals surface area contributed by atoms with Crippen molar-refractivity contribution in [2.75, 3.05) is 57.7 Å². The van der Waals surface area contributed by atoms with Crippen LogP contribution in [0.25, 0.3) is 6.08 Å². The van der Waals surface area contributed by atoms with Gasteiger partial charge in [0, 0.05) is 30.9 Å². The van der Waals surface area contributed by atoms with Gasteiger partial charge in [-0.1, -0.05) is 6.07 Å². The van der Waals surface area contributed by atoms with E-state index in [1.807, 2.05) is 38.1 Å². The average Bonchev–Trinajstić information content (AvgIpc) is 2.77. The van der Waals surface area contributed by atoms with Crippen molar-refractivity contribution in [2.24, 2.45) is 0 Å². The zero-order valence-electron chi connectivity index (χ0n) is 18.9. The molecule has 0 saturated heterocycles. The molecule has 0 fully saturated rings. The normalized spacial score (nSPS) is 13.2. The Balaban J connectivity index is 1.67. The Morgan fingerprint density at radius 3 is 2.75 bits per heavy atom. The summed E-state index contributed by atoms with van der Waals surface area (Å²) >= 11 is 0. The Morgan fingerprint density at radius 2 is 2.03 bits per heavy atom. The fourth-order valence-electron chi connectivity index (χ4n) is 3.25. The minimum atomic E-state index is -0.283. The number of nitrogens with zero attached hydrogens (tertiary/aromatic N) is 2. The summed E-state index contributed by atoms with van der Waals surface area (Å²) in [6.45, 7) is 3.74. The molecule has 2 aromatic rings. The highest BCUT2D eigenvalue weighted by molar-refractivity contribution is 6.03. The van der Waals surface area contributed by atoms with Gasteiger partial charge >= 0.3 is 0 Å². The summed E-state index contributed by atoms with van der Waals surface area (Å²) in [4.78, 5) is 28.4. The maximum absolute atomic E-state index is 12.4. The molecule has 1 heterocycles. The number of amides is 2. The molecule has 3 rings (SSSR count). The highest BCUT2D eigenvalue weighted by Crippen LogP contribution is 2.34. The van der Waals surface area contributed by atoms with Crippen LogP contribution in [-0.2, 0) is 9.59 Å². The predicted molar refractivity (Wildman–Crippen MR) is 125 cm³/mol. The van der Waals surface area contributed by atoms with Crippen molar-refractivity contribution in [3.05, 3.63) is 48.0 Å². The van der Waals surface area contributed by atoms with Crippen molar-refractivity contribution >= 4 is 29.3 Å². The number of fused-ring (bicyclic) bond motifs is 1. The number of ether oxygens (including phenoxy) is 3. The average molecular weight is 440 g/mol. The number of carbonyl (C=O) groups is 2. The highest BCUT2D eigenvalue weighted by atomic mass is 16.5. The fraction of sp³-hybridized carbons (Fsp3) is 0.333. The summed E-state index contributed by atoms with van der Waals surface area (Å²) in [5, 5.41) is 2.83. The molecule has 0 unspecified atom stereocenters. The van der Waals surface area contributed by atoms with Gasteiger partial charge in [-0.2, -0.15) is 0 Å². The predicted octanol–water partition coefficient (Wildman–Crippen LogP) is 3.03. The van der Waals surface area contributed by atoms with Crippen LogP contribution in [0.1, 0.15) is 12.5 Å². The second-order valence-corrected chi connectivity index (χ2v) is 7.49. The lowest BCUT2D eigenvalue weighted by molar-refractivity contribution is -0.121. The molecule has 32 heavy (non-hydrogen) atoms. The van der Waals surface area contributed by atoms with Gasteiger partial charge in [0.05, 0.1) is 19.4 Å². The lowest BCUT2D eigenvalue weighted by Crippen LogP contribution is -2.42. The first-order chi connectivity index (χ1) is 15.4. The molecule has 2 amide bonds. The lowest BCUT2D eigenvalue weighted by atomic mass is 10.2. The van der Waals surface area contributed by atoms with E-state index >= 15 is 0 Å². The van der Waals surface area contributed by atoms with Crippen molar-refractivity contribution in [2.45, 2.75) is 6.92 Å². The molecule has 0 aromatic heterocycles. The third-order valence-corrected chi connectivity index (χ3v) is 4.86. The second kappa shape index (κ2) is 10.7. The number of hydrogen-bond donors (Lipinski definition) is 1. The standard InChI is InChI=1S/C24H29N3O5/c1-5-31-20-10-6-17(14-22(20)30-4)7-11-23(28)25-18-8-9-19-21(15-18)32-16-24(29)27(19)13-12-26(2)3/h6-11,14-15H,5,12-13,16H2,1-4H3,(H,25,28)/b11-7+. The Kier molecular flexibility index (Phi) is 7.72. The fourth-order valence-corrected chi connectivity index (χ4v) is 3.25. The van der Waals surface area contributed by atoms with E-state index in [1.165, 1.54) is 6.08 Å². The van der Waals surface area contributed by atoms with E-state index in [1.54, 1.807) is 42.4 Å². The van der Waals surface area contributed by atoms with Crippen LogP contribution in [0.2, 0.25) is 0 Å². The van der Waals surface area contributed by atoms with Gasteiger partial charge in [-0.3, -0.25) is 9.59 Å². The number of nitrogens with one attached hydrogen (secondary N) is 1. The SMILES string of the molecule is CCOc1ccc(/C=C/C(=O)Nc2ccc3c(c2)OCC(=O)N3CCN(C)C)cc1OC. The lowest BCUT2D eigenvalue weighted by Gasteiger charge is -2.30. The van der Waals surface area contributed by atoms with Crippen molar-refractivity contribution in [3.63, 3.8) is 0 Å². The third kappa shape index (κ3) is 5.79. The van der Waals surface area contributed by atoms with E-state index in [0.717, 1.165) is 12.1 Å². The number of benzene rings is 2. The Morgan fingerprint density at radius 1 is 1.22 bits per heavy atom. The quantitative estimate of drug-likeness (QED) is 0.605. The molecule has 0 aliphatic carbocycles. The summed E-state index contributed by atoms with van der Waals surface area (Å²) < 4.78 is 16.4. The highest BCUT2D eigenvalue weighted by Gasteiger charge is 2.25. The van der Waals surface area contributed by atoms with E-state index in [0.29, 0.717) is 41.8 Å². The maximum atomic E-state index is 12.4. The van der Waals surface area contributed by atoms with E-state index in [9.17, 15) is 9.59 Å². The molecule has 8 nitrogen and oxygen atoms in total. The van der Waals surface area contributed by atoms with Gasteiger partial charge in [-0.05, 0) is 56.9 Å². The van der Waals surface area contributed by atoms with E-state index in [-0.39, 0.29) is 18.4 Å². The van der Waals surface area contributed by atoms with Gasteiger partial charge in [0.2, 0.25) is 5.91 Å². The zero-order valence-corrected chi connectivity index (χ0v) is 18.9. The molecular weight excluding hydrogens is 410 g/mol. The zero-order chi connectivity index (χ0) is 23.1. The molecule has 1 N–H and O–H groups in total. The number of hydrogen-bond acceptors (Lipinski definition) is 6. The van der Waals surface area contributed by atoms with Gasteiger partial charge in [-0.15, -0.1) is 0 Å². The van der Waals surface area contributed by atoms with Gasteiger partial charge in [0.15, 0.2) is 18.1 Å². The van der Waals surface area contributed by atoms with Crippen LogP contribution in [0, 0.1) is 0 Å². The van der Waals surface area contributed by atoms with Gasteiger partial charge < -0.3 is 29.3 Å². The largest absolute Gasteiger partial charge is 0.493 e. The number of likely N-dealkylation sites (N-methyl/N-ethyl adjacent to an activating group) is 1. The van der Waals surface area contributed by atoms with Crippen LogP contribution < -0.4 is 24.4 Å². The monoisotopic (exact) mass is 439 g/mol. The first-order valence-corrected chi connectivity index (χ1v) is 10.4. The molecular formula is C24H29N3O5. The van der Waals surface area contributed by atoms with Crippen molar-refractivity contribution in [1.82, 2.24) is 4.90 Å². The minimum Gasteiger partial charge on any atom is -0.493 e. The van der Waals surface area contributed by atoms with Gasteiger partial charge in [0.25, 0.3) is 5.91 Å². The molecule has 8 heteroatoms. The summed E-state index contributed by atoms with van der Waals surface area (Å²) in [6.07, 6.45) is 3.15. The second-order valence-electron chi connectivity index (χ2n) is 7.49. The Labute approximate surface area is 188 Å². The van der Waals surface area contributed by atoms with Crippen molar-refractivity contribution < 1.29 is 23.8 Å². The molecule has 170 valence electrons. The molecule has 0 saturated carbocycles. The van der Waals surface area contributed by atoms with Crippen molar-refractivity contribution in [1.29, 1.82) is 0 Å². The smallest absolute Gasteiger partial charge is 0.265 e. The summed E-state index contributed by atoms with van der Waals surface area (Å²) in [6, 6.07) is 10.7. The van der Waals surface area contributed by atoms with Crippen molar-refractivity contribution in [3.8, 4) is 17.2 Å². The third-order valence-electron chi connectivity index (χ3n) is 4.86. The van der Waals surface area contributed by atoms with Crippen LogP contribution in [0.15, 0.2) is 42.5 Å².